The van der Waals surface area contributed by atoms with Crippen LogP contribution in [0.25, 0.3) is 0 Å². The topological polar surface area (TPSA) is 59.1 Å². The lowest BCUT2D eigenvalue weighted by molar-refractivity contribution is -0.137. The number of nitrogens with zero attached hydrogens (tertiary/aromatic N) is 1. The highest BCUT2D eigenvalue weighted by Crippen LogP contribution is 2.31. The molecular weight excluding hydrogens is 401 g/mol. The molecule has 0 aliphatic rings. The SMILES string of the molecule is Cc1ccc(S(=O)(=O)NC(Cc2ccncc2)c2ccc(C(F)(F)F)cc2)cc1. The summed E-state index contributed by atoms with van der Waals surface area (Å²) >= 11 is 0. The molecule has 4 nitrogen and oxygen atoms in total. The third-order valence-corrected chi connectivity index (χ3v) is 5.95. The molecule has 2 aromatic carbocycles. The number of alkyl halides is 3. The molecule has 0 fully saturated rings. The molecule has 0 spiro atoms. The van der Waals surface area contributed by atoms with E-state index in [1.807, 2.05) is 6.92 Å². The quantitative estimate of drug-likeness (QED) is 0.630. The molecule has 29 heavy (non-hydrogen) atoms. The third kappa shape index (κ3) is 5.42. The average Bonchev–Trinajstić information content (AvgIpc) is 2.68. The second kappa shape index (κ2) is 8.34. The largest absolute Gasteiger partial charge is 0.416 e. The van der Waals surface area contributed by atoms with Gasteiger partial charge in [0.05, 0.1) is 16.5 Å². The Morgan fingerprint density at radius 3 is 2.07 bits per heavy atom. The maximum Gasteiger partial charge on any atom is 0.416 e. The summed E-state index contributed by atoms with van der Waals surface area (Å²) in [6.07, 6.45) is -1.04. The van der Waals surface area contributed by atoms with E-state index in [1.165, 1.54) is 24.3 Å². The van der Waals surface area contributed by atoms with Crippen molar-refractivity contribution in [3.05, 3.63) is 95.3 Å². The van der Waals surface area contributed by atoms with Crippen molar-refractivity contribution in [2.45, 2.75) is 30.5 Å². The van der Waals surface area contributed by atoms with Crippen LogP contribution in [-0.2, 0) is 22.6 Å². The molecule has 1 atom stereocenters. The summed E-state index contributed by atoms with van der Waals surface area (Å²) in [5, 5.41) is 0. The van der Waals surface area contributed by atoms with E-state index in [4.69, 9.17) is 0 Å². The van der Waals surface area contributed by atoms with Gasteiger partial charge in [-0.15, -0.1) is 0 Å². The van der Waals surface area contributed by atoms with E-state index in [1.54, 1.807) is 36.7 Å². The number of benzene rings is 2. The highest BCUT2D eigenvalue weighted by molar-refractivity contribution is 7.89. The first-order valence-electron chi connectivity index (χ1n) is 8.80. The van der Waals surface area contributed by atoms with E-state index in [9.17, 15) is 21.6 Å². The number of hydrogen-bond acceptors (Lipinski definition) is 3. The van der Waals surface area contributed by atoms with Gasteiger partial charge in [-0.1, -0.05) is 29.8 Å². The van der Waals surface area contributed by atoms with Crippen LogP contribution in [-0.4, -0.2) is 13.4 Å². The van der Waals surface area contributed by atoms with Gasteiger partial charge in [-0.2, -0.15) is 13.2 Å². The fraction of sp³-hybridized carbons (Fsp3) is 0.190. The fourth-order valence-electron chi connectivity index (χ4n) is 2.86. The van der Waals surface area contributed by atoms with E-state index in [0.29, 0.717) is 5.56 Å². The Kier molecular flexibility index (Phi) is 6.04. The lowest BCUT2D eigenvalue weighted by Gasteiger charge is -2.20. The number of halogens is 3. The molecule has 0 aliphatic carbocycles. The molecule has 152 valence electrons. The smallest absolute Gasteiger partial charge is 0.265 e. The molecule has 0 radical (unpaired) electrons. The van der Waals surface area contributed by atoms with Crippen LogP contribution in [0, 0.1) is 6.92 Å². The van der Waals surface area contributed by atoms with Crippen molar-refractivity contribution in [3.8, 4) is 0 Å². The zero-order valence-electron chi connectivity index (χ0n) is 15.5. The van der Waals surface area contributed by atoms with Gasteiger partial charge in [-0.3, -0.25) is 4.98 Å². The molecule has 3 rings (SSSR count). The predicted molar refractivity (Wildman–Crippen MR) is 104 cm³/mol. The first-order chi connectivity index (χ1) is 13.6. The molecule has 0 amide bonds. The Bertz CT molecular complexity index is 1050. The van der Waals surface area contributed by atoms with Crippen LogP contribution in [0.5, 0.6) is 0 Å². The highest BCUT2D eigenvalue weighted by atomic mass is 32.2. The van der Waals surface area contributed by atoms with Crippen molar-refractivity contribution >= 4 is 10.0 Å². The van der Waals surface area contributed by atoms with Crippen LogP contribution in [0.15, 0.2) is 78.0 Å². The number of rotatable bonds is 6. The van der Waals surface area contributed by atoms with Crippen molar-refractivity contribution in [2.75, 3.05) is 0 Å². The molecule has 8 heteroatoms. The molecule has 1 N–H and O–H groups in total. The summed E-state index contributed by atoms with van der Waals surface area (Å²) < 4.78 is 66.9. The number of aryl methyl sites for hydroxylation is 1. The van der Waals surface area contributed by atoms with Crippen LogP contribution in [0.2, 0.25) is 0 Å². The average molecular weight is 420 g/mol. The van der Waals surface area contributed by atoms with Crippen molar-refractivity contribution in [1.29, 1.82) is 0 Å². The van der Waals surface area contributed by atoms with Crippen molar-refractivity contribution in [3.63, 3.8) is 0 Å². The summed E-state index contributed by atoms with van der Waals surface area (Å²) in [6, 6.07) is 13.6. The van der Waals surface area contributed by atoms with Crippen LogP contribution in [0.4, 0.5) is 13.2 Å². The number of sulfonamides is 1. The maximum absolute atomic E-state index is 12.9. The molecule has 1 unspecified atom stereocenters. The standard InChI is InChI=1S/C21H19F3N2O2S/c1-15-2-8-19(9-3-15)29(27,28)26-20(14-16-10-12-25-13-11-16)17-4-6-18(7-5-17)21(22,23)24/h2-13,20,26H,14H2,1H3. The van der Waals surface area contributed by atoms with Crippen LogP contribution < -0.4 is 4.72 Å². The van der Waals surface area contributed by atoms with E-state index in [0.717, 1.165) is 23.3 Å². The number of hydrogen-bond donors (Lipinski definition) is 1. The Balaban J connectivity index is 1.93. The number of nitrogens with one attached hydrogen (secondary N) is 1. The van der Waals surface area contributed by atoms with Crippen LogP contribution in [0.1, 0.15) is 28.3 Å². The lowest BCUT2D eigenvalue weighted by atomic mass is 9.99. The van der Waals surface area contributed by atoms with Gasteiger partial charge < -0.3 is 0 Å². The highest BCUT2D eigenvalue weighted by Gasteiger charge is 2.30. The summed E-state index contributed by atoms with van der Waals surface area (Å²) in [4.78, 5) is 4.02. The molecule has 1 heterocycles. The molecular formula is C21H19F3N2O2S. The molecule has 0 aliphatic heterocycles. The van der Waals surface area contributed by atoms with Gasteiger partial charge in [0.1, 0.15) is 0 Å². The number of pyridine rings is 1. The van der Waals surface area contributed by atoms with Crippen molar-refractivity contribution in [2.24, 2.45) is 0 Å². The Morgan fingerprint density at radius 2 is 1.52 bits per heavy atom. The zero-order valence-corrected chi connectivity index (χ0v) is 16.3. The summed E-state index contributed by atoms with van der Waals surface area (Å²) in [5.74, 6) is 0. The van der Waals surface area contributed by atoms with Gasteiger partial charge in [-0.25, -0.2) is 13.1 Å². The van der Waals surface area contributed by atoms with Gasteiger partial charge in [0.25, 0.3) is 0 Å². The van der Waals surface area contributed by atoms with E-state index in [2.05, 4.69) is 9.71 Å². The molecule has 0 saturated heterocycles. The van der Waals surface area contributed by atoms with Crippen LogP contribution >= 0.6 is 0 Å². The molecule has 0 saturated carbocycles. The van der Waals surface area contributed by atoms with Gasteiger partial charge >= 0.3 is 6.18 Å². The Hall–Kier alpha value is -2.71. The first-order valence-corrected chi connectivity index (χ1v) is 10.3. The maximum atomic E-state index is 12.9. The molecule has 0 bridgehead atoms. The molecule has 3 aromatic rings. The predicted octanol–water partition coefficient (Wildman–Crippen LogP) is 4.67. The second-order valence-corrected chi connectivity index (χ2v) is 8.38. The monoisotopic (exact) mass is 420 g/mol. The van der Waals surface area contributed by atoms with Gasteiger partial charge in [-0.05, 0) is 60.9 Å². The van der Waals surface area contributed by atoms with E-state index < -0.39 is 27.8 Å². The van der Waals surface area contributed by atoms with Gasteiger partial charge in [0.15, 0.2) is 0 Å². The first kappa shape index (κ1) is 21.0. The summed E-state index contributed by atoms with van der Waals surface area (Å²) in [6.45, 7) is 1.85. The van der Waals surface area contributed by atoms with E-state index >= 15 is 0 Å². The summed E-state index contributed by atoms with van der Waals surface area (Å²) in [7, 11) is -3.87. The minimum Gasteiger partial charge on any atom is -0.265 e. The van der Waals surface area contributed by atoms with Gasteiger partial charge in [0.2, 0.25) is 10.0 Å². The minimum absolute atomic E-state index is 0.0924. The zero-order chi connectivity index (χ0) is 21.1. The number of aromatic nitrogens is 1. The Labute approximate surface area is 167 Å². The van der Waals surface area contributed by atoms with Gasteiger partial charge in [0, 0.05) is 12.4 Å². The molecule has 1 aromatic heterocycles. The van der Waals surface area contributed by atoms with Crippen LogP contribution in [0.3, 0.4) is 0 Å². The lowest BCUT2D eigenvalue weighted by Crippen LogP contribution is -2.30. The van der Waals surface area contributed by atoms with E-state index in [-0.39, 0.29) is 11.3 Å². The van der Waals surface area contributed by atoms with Crippen molar-refractivity contribution < 1.29 is 21.6 Å². The second-order valence-electron chi connectivity index (χ2n) is 6.67. The van der Waals surface area contributed by atoms with Crippen molar-refractivity contribution in [1.82, 2.24) is 9.71 Å². The fourth-order valence-corrected chi connectivity index (χ4v) is 4.08. The third-order valence-electron chi connectivity index (χ3n) is 4.46. The minimum atomic E-state index is -4.46. The Morgan fingerprint density at radius 1 is 0.931 bits per heavy atom. The normalized spacial score (nSPS) is 13.2. The summed E-state index contributed by atoms with van der Waals surface area (Å²) in [5.41, 5.74) is 1.37.